The molecule has 28 heavy (non-hydrogen) atoms. The Labute approximate surface area is 158 Å². The summed E-state index contributed by atoms with van der Waals surface area (Å²) in [6, 6.07) is 11.5. The summed E-state index contributed by atoms with van der Waals surface area (Å²) in [5, 5.41) is 0.487. The van der Waals surface area contributed by atoms with Gasteiger partial charge in [-0.15, -0.1) is 0 Å². The van der Waals surface area contributed by atoms with Crippen LogP contribution in [0, 0.1) is 0 Å². The van der Waals surface area contributed by atoms with Gasteiger partial charge in [-0.05, 0) is 29.8 Å². The van der Waals surface area contributed by atoms with Crippen LogP contribution in [0.5, 0.6) is 0 Å². The van der Waals surface area contributed by atoms with Crippen LogP contribution in [0.25, 0.3) is 10.9 Å². The van der Waals surface area contributed by atoms with Crippen LogP contribution >= 0.6 is 0 Å². The largest absolute Gasteiger partial charge is 0.461 e. The molecule has 0 saturated carbocycles. The molecular formula is C20H17F3N2O3. The Morgan fingerprint density at radius 3 is 2.64 bits per heavy atom. The molecule has 0 N–H and O–H groups in total. The van der Waals surface area contributed by atoms with Crippen molar-refractivity contribution in [2.75, 3.05) is 0 Å². The molecule has 5 nitrogen and oxygen atoms in total. The van der Waals surface area contributed by atoms with E-state index in [9.17, 15) is 22.8 Å². The highest BCUT2D eigenvalue weighted by atomic mass is 19.4. The molecule has 0 radical (unpaired) electrons. The fraction of sp³-hybridized carbons (Fsp3) is 0.250. The van der Waals surface area contributed by atoms with Crippen molar-refractivity contribution in [1.82, 2.24) is 9.55 Å². The molecule has 3 rings (SSSR count). The minimum Gasteiger partial charge on any atom is -0.461 e. The van der Waals surface area contributed by atoms with Gasteiger partial charge in [0.25, 0.3) is 5.56 Å². The number of rotatable bonds is 5. The van der Waals surface area contributed by atoms with Gasteiger partial charge >= 0.3 is 12.1 Å². The lowest BCUT2D eigenvalue weighted by Gasteiger charge is -2.10. The number of carbonyl (C=O) groups excluding carboxylic acids is 1. The third-order valence-electron chi connectivity index (χ3n) is 4.28. The van der Waals surface area contributed by atoms with Crippen molar-refractivity contribution in [2.45, 2.75) is 25.6 Å². The van der Waals surface area contributed by atoms with E-state index in [0.717, 1.165) is 12.1 Å². The Bertz CT molecular complexity index is 1070. The van der Waals surface area contributed by atoms with E-state index in [4.69, 9.17) is 4.74 Å². The molecule has 1 heterocycles. The zero-order valence-corrected chi connectivity index (χ0v) is 15.0. The molecule has 1 aromatic heterocycles. The van der Waals surface area contributed by atoms with Crippen LogP contribution in [0.1, 0.15) is 23.4 Å². The molecule has 0 spiro atoms. The summed E-state index contributed by atoms with van der Waals surface area (Å²) >= 11 is 0. The topological polar surface area (TPSA) is 61.2 Å². The highest BCUT2D eigenvalue weighted by molar-refractivity contribution is 5.77. The number of carbonyl (C=O) groups is 1. The zero-order chi connectivity index (χ0) is 20.3. The molecule has 0 aliphatic carbocycles. The Morgan fingerprint density at radius 1 is 1.14 bits per heavy atom. The molecule has 0 bridgehead atoms. The Morgan fingerprint density at radius 2 is 1.89 bits per heavy atom. The molecule has 0 aliphatic heterocycles. The second-order valence-electron chi connectivity index (χ2n) is 6.27. The number of ether oxygens (including phenoxy) is 1. The highest BCUT2D eigenvalue weighted by Crippen LogP contribution is 2.29. The number of esters is 1. The van der Waals surface area contributed by atoms with Crippen LogP contribution in [-0.2, 0) is 35.8 Å². The number of benzene rings is 2. The molecule has 0 unspecified atom stereocenters. The number of para-hydroxylation sites is 1. The predicted octanol–water partition coefficient (Wildman–Crippen LogP) is 3.63. The van der Waals surface area contributed by atoms with Gasteiger partial charge in [0, 0.05) is 13.5 Å². The van der Waals surface area contributed by atoms with Crippen LogP contribution in [-0.4, -0.2) is 15.5 Å². The van der Waals surface area contributed by atoms with E-state index >= 15 is 0 Å². The summed E-state index contributed by atoms with van der Waals surface area (Å²) in [5.74, 6) is -0.153. The second-order valence-corrected chi connectivity index (χ2v) is 6.27. The van der Waals surface area contributed by atoms with Gasteiger partial charge in [0.2, 0.25) is 0 Å². The molecule has 146 valence electrons. The fourth-order valence-electron chi connectivity index (χ4n) is 2.77. The van der Waals surface area contributed by atoms with Crippen molar-refractivity contribution in [2.24, 2.45) is 7.05 Å². The summed E-state index contributed by atoms with van der Waals surface area (Å²) in [5.41, 5.74) is -0.216. The maximum Gasteiger partial charge on any atom is 0.416 e. The molecule has 8 heteroatoms. The number of alkyl halides is 3. The van der Waals surface area contributed by atoms with Gasteiger partial charge in [0.05, 0.1) is 22.9 Å². The summed E-state index contributed by atoms with van der Waals surface area (Å²) in [6.07, 6.45) is -4.32. The SMILES string of the molecule is Cn1c(CCC(=O)OCc2cccc(C(F)(F)F)c2)nc2ccccc2c1=O. The average Bonchev–Trinajstić information content (AvgIpc) is 2.67. The van der Waals surface area contributed by atoms with Crippen LogP contribution < -0.4 is 5.56 Å². The van der Waals surface area contributed by atoms with Crippen molar-refractivity contribution >= 4 is 16.9 Å². The van der Waals surface area contributed by atoms with Crippen molar-refractivity contribution in [3.05, 3.63) is 75.8 Å². The average molecular weight is 390 g/mol. The van der Waals surface area contributed by atoms with E-state index in [0.29, 0.717) is 16.7 Å². The molecule has 0 saturated heterocycles. The lowest BCUT2D eigenvalue weighted by Crippen LogP contribution is -2.23. The molecule has 0 amide bonds. The molecule has 0 fully saturated rings. The van der Waals surface area contributed by atoms with Gasteiger partial charge in [-0.25, -0.2) is 4.98 Å². The standard InChI is InChI=1S/C20H17F3N2O3/c1-25-17(24-16-8-3-2-7-15(16)19(25)27)9-10-18(26)28-12-13-5-4-6-14(11-13)20(21,22)23/h2-8,11H,9-10,12H2,1H3. The van der Waals surface area contributed by atoms with Gasteiger partial charge in [-0.1, -0.05) is 24.3 Å². The van der Waals surface area contributed by atoms with Crippen molar-refractivity contribution in [1.29, 1.82) is 0 Å². The van der Waals surface area contributed by atoms with Gasteiger partial charge in [-0.3, -0.25) is 14.2 Å². The molecule has 2 aromatic carbocycles. The number of hydrogen-bond donors (Lipinski definition) is 0. The van der Waals surface area contributed by atoms with Gasteiger partial charge in [0.15, 0.2) is 0 Å². The first-order chi connectivity index (χ1) is 13.3. The normalized spacial score (nSPS) is 11.6. The van der Waals surface area contributed by atoms with Gasteiger partial charge in [0.1, 0.15) is 12.4 Å². The van der Waals surface area contributed by atoms with Gasteiger partial charge in [-0.2, -0.15) is 13.2 Å². The number of hydrogen-bond acceptors (Lipinski definition) is 4. The number of aromatic nitrogens is 2. The van der Waals surface area contributed by atoms with E-state index < -0.39 is 17.7 Å². The first kappa shape index (κ1) is 19.6. The molecule has 0 aliphatic rings. The Kier molecular flexibility index (Phi) is 5.48. The smallest absolute Gasteiger partial charge is 0.416 e. The lowest BCUT2D eigenvalue weighted by atomic mass is 10.1. The number of aryl methyl sites for hydroxylation is 1. The molecular weight excluding hydrogens is 373 g/mol. The number of nitrogens with zero attached hydrogens (tertiary/aromatic N) is 2. The summed E-state index contributed by atoms with van der Waals surface area (Å²) in [4.78, 5) is 28.7. The maximum absolute atomic E-state index is 12.7. The van der Waals surface area contributed by atoms with Crippen molar-refractivity contribution < 1.29 is 22.7 Å². The first-order valence-electron chi connectivity index (χ1n) is 8.52. The summed E-state index contributed by atoms with van der Waals surface area (Å²) in [7, 11) is 1.57. The van der Waals surface area contributed by atoms with Crippen molar-refractivity contribution in [3.63, 3.8) is 0 Å². The van der Waals surface area contributed by atoms with Crippen molar-refractivity contribution in [3.8, 4) is 0 Å². The van der Waals surface area contributed by atoms with E-state index in [1.54, 1.807) is 31.3 Å². The van der Waals surface area contributed by atoms with E-state index in [-0.39, 0.29) is 30.6 Å². The third kappa shape index (κ3) is 4.39. The lowest BCUT2D eigenvalue weighted by molar-refractivity contribution is -0.144. The number of fused-ring (bicyclic) bond motifs is 1. The second kappa shape index (κ2) is 7.84. The van der Waals surface area contributed by atoms with E-state index in [1.165, 1.54) is 16.7 Å². The molecule has 0 atom stereocenters. The summed E-state index contributed by atoms with van der Waals surface area (Å²) < 4.78 is 44.6. The minimum absolute atomic E-state index is 0.0441. The Hall–Kier alpha value is -3.16. The quantitative estimate of drug-likeness (QED) is 0.625. The van der Waals surface area contributed by atoms with E-state index in [1.807, 2.05) is 0 Å². The van der Waals surface area contributed by atoms with Crippen LogP contribution in [0.3, 0.4) is 0 Å². The van der Waals surface area contributed by atoms with Crippen LogP contribution in [0.15, 0.2) is 53.3 Å². The summed E-state index contributed by atoms with van der Waals surface area (Å²) in [6.45, 7) is -0.257. The van der Waals surface area contributed by atoms with Crippen LogP contribution in [0.2, 0.25) is 0 Å². The van der Waals surface area contributed by atoms with E-state index in [2.05, 4.69) is 4.98 Å². The highest BCUT2D eigenvalue weighted by Gasteiger charge is 2.30. The third-order valence-corrected chi connectivity index (χ3v) is 4.28. The predicted molar refractivity (Wildman–Crippen MR) is 96.5 cm³/mol. The Balaban J connectivity index is 1.63. The minimum atomic E-state index is -4.45. The molecule has 3 aromatic rings. The monoisotopic (exact) mass is 390 g/mol. The van der Waals surface area contributed by atoms with Gasteiger partial charge < -0.3 is 4.74 Å². The number of halogens is 3. The zero-order valence-electron chi connectivity index (χ0n) is 15.0. The first-order valence-corrected chi connectivity index (χ1v) is 8.52. The maximum atomic E-state index is 12.7. The fourth-order valence-corrected chi connectivity index (χ4v) is 2.77. The van der Waals surface area contributed by atoms with Crippen LogP contribution in [0.4, 0.5) is 13.2 Å².